The molecule has 12 heteroatoms. The van der Waals surface area contributed by atoms with Crippen LogP contribution in [0, 0.1) is 13.8 Å². The molecule has 0 amide bonds. The van der Waals surface area contributed by atoms with Crippen LogP contribution in [-0.2, 0) is 14.8 Å². The first kappa shape index (κ1) is 21.4. The zero-order valence-electron chi connectivity index (χ0n) is 17.3. The highest BCUT2D eigenvalue weighted by molar-refractivity contribution is 7.89. The monoisotopic (exact) mass is 462 g/mol. The fourth-order valence-corrected chi connectivity index (χ4v) is 6.26. The number of carbonyl (C=O) groups is 1. The van der Waals surface area contributed by atoms with E-state index in [0.717, 1.165) is 22.7 Å². The standard InChI is InChI=1S/C19H22N6O4S2/c1-13-10-14(2)25(22-13)17-11-16(20-12-21-17)23-5-7-24(8-6-23)31(27,28)15-4-9-30-18(15)19(26)29-3/h4,9-12H,5-8H2,1-3H3. The van der Waals surface area contributed by atoms with Gasteiger partial charge in [-0.25, -0.2) is 27.9 Å². The maximum Gasteiger partial charge on any atom is 0.349 e. The Bertz CT molecular complexity index is 1210. The van der Waals surface area contributed by atoms with Crippen molar-refractivity contribution in [2.75, 3.05) is 38.2 Å². The first-order valence-electron chi connectivity index (χ1n) is 9.58. The summed E-state index contributed by atoms with van der Waals surface area (Å²) in [5, 5.41) is 6.03. The van der Waals surface area contributed by atoms with Crippen molar-refractivity contribution in [2.24, 2.45) is 0 Å². The minimum atomic E-state index is -3.79. The maximum absolute atomic E-state index is 13.1. The average Bonchev–Trinajstić information content (AvgIpc) is 3.40. The Kier molecular flexibility index (Phi) is 5.77. The van der Waals surface area contributed by atoms with Crippen LogP contribution in [0.4, 0.5) is 5.82 Å². The summed E-state index contributed by atoms with van der Waals surface area (Å²) in [4.78, 5) is 22.7. The smallest absolute Gasteiger partial charge is 0.349 e. The van der Waals surface area contributed by atoms with Crippen molar-refractivity contribution in [3.63, 3.8) is 0 Å². The minimum Gasteiger partial charge on any atom is -0.465 e. The van der Waals surface area contributed by atoms with Gasteiger partial charge in [0.15, 0.2) is 5.82 Å². The number of hydrogen-bond donors (Lipinski definition) is 0. The molecule has 31 heavy (non-hydrogen) atoms. The van der Waals surface area contributed by atoms with E-state index in [0.29, 0.717) is 24.7 Å². The van der Waals surface area contributed by atoms with Crippen LogP contribution in [0.2, 0.25) is 0 Å². The summed E-state index contributed by atoms with van der Waals surface area (Å²) in [5.74, 6) is 0.719. The van der Waals surface area contributed by atoms with Gasteiger partial charge in [0.05, 0.1) is 12.8 Å². The van der Waals surface area contributed by atoms with Crippen LogP contribution in [-0.4, -0.2) is 71.7 Å². The molecular weight excluding hydrogens is 440 g/mol. The summed E-state index contributed by atoms with van der Waals surface area (Å²) < 4.78 is 34.0. The third-order valence-electron chi connectivity index (χ3n) is 5.05. The van der Waals surface area contributed by atoms with Gasteiger partial charge in [-0.1, -0.05) is 0 Å². The van der Waals surface area contributed by atoms with Gasteiger partial charge in [-0.3, -0.25) is 0 Å². The second-order valence-electron chi connectivity index (χ2n) is 7.07. The number of esters is 1. The van der Waals surface area contributed by atoms with Gasteiger partial charge < -0.3 is 9.64 Å². The van der Waals surface area contributed by atoms with E-state index >= 15 is 0 Å². The Morgan fingerprint density at radius 3 is 2.45 bits per heavy atom. The molecule has 1 fully saturated rings. The van der Waals surface area contributed by atoms with Crippen molar-refractivity contribution >= 4 is 33.1 Å². The Morgan fingerprint density at radius 1 is 1.10 bits per heavy atom. The zero-order valence-corrected chi connectivity index (χ0v) is 19.0. The molecule has 0 unspecified atom stereocenters. The number of rotatable bonds is 5. The van der Waals surface area contributed by atoms with E-state index in [4.69, 9.17) is 4.74 Å². The molecule has 10 nitrogen and oxygen atoms in total. The molecule has 0 N–H and O–H groups in total. The summed E-state index contributed by atoms with van der Waals surface area (Å²) in [6.45, 7) is 5.36. The van der Waals surface area contributed by atoms with Gasteiger partial charge in [-0.15, -0.1) is 11.3 Å². The van der Waals surface area contributed by atoms with Crippen molar-refractivity contribution < 1.29 is 17.9 Å². The van der Waals surface area contributed by atoms with Crippen LogP contribution in [0.3, 0.4) is 0 Å². The molecule has 0 aromatic carbocycles. The molecular formula is C19H22N6O4S2. The van der Waals surface area contributed by atoms with E-state index in [9.17, 15) is 13.2 Å². The fraction of sp³-hybridized carbons (Fsp3) is 0.368. The zero-order chi connectivity index (χ0) is 22.2. The van der Waals surface area contributed by atoms with E-state index in [2.05, 4.69) is 15.1 Å². The number of aryl methyl sites for hydroxylation is 2. The number of nitrogens with zero attached hydrogens (tertiary/aromatic N) is 6. The highest BCUT2D eigenvalue weighted by Crippen LogP contribution is 2.27. The van der Waals surface area contributed by atoms with Crippen molar-refractivity contribution in [1.82, 2.24) is 24.1 Å². The third kappa shape index (κ3) is 4.05. The van der Waals surface area contributed by atoms with E-state index in [1.807, 2.05) is 30.9 Å². The van der Waals surface area contributed by atoms with E-state index in [1.165, 1.54) is 23.8 Å². The molecule has 1 saturated heterocycles. The summed E-state index contributed by atoms with van der Waals surface area (Å²) in [7, 11) is -2.56. The first-order chi connectivity index (χ1) is 14.8. The lowest BCUT2D eigenvalue weighted by molar-refractivity contribution is 0.0602. The lowest BCUT2D eigenvalue weighted by atomic mass is 10.3. The molecule has 3 aromatic heterocycles. The quantitative estimate of drug-likeness (QED) is 0.526. The molecule has 1 aliphatic heterocycles. The Labute approximate surface area is 184 Å². The number of carbonyl (C=O) groups excluding carboxylic acids is 1. The number of piperazine rings is 1. The molecule has 0 radical (unpaired) electrons. The van der Waals surface area contributed by atoms with E-state index in [1.54, 1.807) is 10.1 Å². The molecule has 0 spiro atoms. The van der Waals surface area contributed by atoms with Gasteiger partial charge in [0.25, 0.3) is 0 Å². The molecule has 0 saturated carbocycles. The Balaban J connectivity index is 1.51. The van der Waals surface area contributed by atoms with Crippen molar-refractivity contribution in [3.05, 3.63) is 46.2 Å². The first-order valence-corrected chi connectivity index (χ1v) is 11.9. The number of anilines is 1. The van der Waals surface area contributed by atoms with Crippen molar-refractivity contribution in [1.29, 1.82) is 0 Å². The SMILES string of the molecule is COC(=O)c1sccc1S(=O)(=O)N1CCN(c2cc(-n3nc(C)cc3C)ncn2)CC1. The van der Waals surface area contributed by atoms with Gasteiger partial charge in [-0.2, -0.15) is 9.40 Å². The predicted octanol–water partition coefficient (Wildman–Crippen LogP) is 1.64. The van der Waals surface area contributed by atoms with Crippen molar-refractivity contribution in [2.45, 2.75) is 18.7 Å². The number of methoxy groups -OCH3 is 1. The molecule has 164 valence electrons. The van der Waals surface area contributed by atoms with E-state index in [-0.39, 0.29) is 22.9 Å². The summed E-state index contributed by atoms with van der Waals surface area (Å²) >= 11 is 1.06. The van der Waals surface area contributed by atoms with Crippen LogP contribution < -0.4 is 4.90 Å². The van der Waals surface area contributed by atoms with Gasteiger partial charge in [0.2, 0.25) is 10.0 Å². The van der Waals surface area contributed by atoms with Crippen LogP contribution in [0.25, 0.3) is 5.82 Å². The number of hydrogen-bond acceptors (Lipinski definition) is 9. The number of sulfonamides is 1. The van der Waals surface area contributed by atoms with E-state index < -0.39 is 16.0 Å². The molecule has 0 aliphatic carbocycles. The highest BCUT2D eigenvalue weighted by Gasteiger charge is 2.33. The highest BCUT2D eigenvalue weighted by atomic mass is 32.2. The second kappa shape index (κ2) is 8.36. The lowest BCUT2D eigenvalue weighted by Gasteiger charge is -2.34. The summed E-state index contributed by atoms with van der Waals surface area (Å²) in [5.41, 5.74) is 1.87. The van der Waals surface area contributed by atoms with Gasteiger partial charge in [-0.05, 0) is 31.4 Å². The Morgan fingerprint density at radius 2 is 1.81 bits per heavy atom. The summed E-state index contributed by atoms with van der Waals surface area (Å²) in [6.07, 6.45) is 1.48. The van der Waals surface area contributed by atoms with Gasteiger partial charge in [0.1, 0.15) is 21.9 Å². The summed E-state index contributed by atoms with van der Waals surface area (Å²) in [6, 6.07) is 5.26. The number of ether oxygens (including phenoxy) is 1. The van der Waals surface area contributed by atoms with Crippen LogP contribution in [0.1, 0.15) is 21.1 Å². The van der Waals surface area contributed by atoms with Crippen molar-refractivity contribution in [3.8, 4) is 5.82 Å². The normalized spacial score (nSPS) is 15.3. The topological polar surface area (TPSA) is 111 Å². The molecule has 4 rings (SSSR count). The predicted molar refractivity (Wildman–Crippen MR) is 115 cm³/mol. The molecule has 0 atom stereocenters. The van der Waals surface area contributed by atoms with Crippen LogP contribution in [0.5, 0.6) is 0 Å². The van der Waals surface area contributed by atoms with Gasteiger partial charge >= 0.3 is 5.97 Å². The number of thiophene rings is 1. The maximum atomic E-state index is 13.1. The molecule has 0 bridgehead atoms. The molecule has 3 aromatic rings. The fourth-order valence-electron chi connectivity index (χ4n) is 3.53. The van der Waals surface area contributed by atoms with Crippen LogP contribution in [0.15, 0.2) is 34.8 Å². The molecule has 1 aliphatic rings. The van der Waals surface area contributed by atoms with Gasteiger partial charge in [0, 0.05) is 37.9 Å². The minimum absolute atomic E-state index is 0.00773. The Hall–Kier alpha value is -2.83. The lowest BCUT2D eigenvalue weighted by Crippen LogP contribution is -2.49. The largest absolute Gasteiger partial charge is 0.465 e. The third-order valence-corrected chi connectivity index (χ3v) is 8.01. The second-order valence-corrected chi connectivity index (χ2v) is 9.89. The average molecular weight is 463 g/mol. The molecule has 4 heterocycles. The number of aromatic nitrogens is 4. The van der Waals surface area contributed by atoms with Crippen LogP contribution >= 0.6 is 11.3 Å².